The Morgan fingerprint density at radius 3 is 2.36 bits per heavy atom. The lowest BCUT2D eigenvalue weighted by molar-refractivity contribution is 0.00578. The maximum absolute atomic E-state index is 6.07. The van der Waals surface area contributed by atoms with E-state index in [9.17, 15) is 0 Å². The van der Waals surface area contributed by atoms with Crippen molar-refractivity contribution in [2.75, 3.05) is 18.6 Å². The van der Waals surface area contributed by atoms with E-state index < -0.39 is 7.12 Å². The summed E-state index contributed by atoms with van der Waals surface area (Å²) in [7, 11) is 1.21. The zero-order valence-electron chi connectivity index (χ0n) is 13.8. The number of nitrogens with two attached hydrogens (primary N) is 1. The van der Waals surface area contributed by atoms with Crippen molar-refractivity contribution in [3.05, 3.63) is 29.2 Å². The molecule has 0 aromatic heterocycles. The van der Waals surface area contributed by atoms with E-state index in [0.29, 0.717) is 11.4 Å². The van der Waals surface area contributed by atoms with Gasteiger partial charge in [0.25, 0.3) is 0 Å². The summed E-state index contributed by atoms with van der Waals surface area (Å²) in [5.74, 6) is 1.28. The monoisotopic (exact) mass is 321 g/mol. The Bertz CT molecular complexity index is 571. The molecule has 1 aliphatic heterocycles. The lowest BCUT2D eigenvalue weighted by Gasteiger charge is -2.32. The van der Waals surface area contributed by atoms with E-state index in [1.165, 1.54) is 0 Å². The topological polar surface area (TPSA) is 53.7 Å². The van der Waals surface area contributed by atoms with Crippen LogP contribution in [0.4, 0.5) is 5.69 Å². The van der Waals surface area contributed by atoms with Crippen LogP contribution in [-0.2, 0) is 9.31 Å². The molecular weight excluding hydrogens is 297 g/mol. The molecule has 1 aromatic rings. The fraction of sp³-hybridized carbons (Fsp3) is 0.500. The van der Waals surface area contributed by atoms with Crippen molar-refractivity contribution in [1.29, 1.82) is 0 Å². The average Bonchev–Trinajstić information content (AvgIpc) is 2.66. The van der Waals surface area contributed by atoms with E-state index in [0.717, 1.165) is 16.8 Å². The normalized spacial score (nSPS) is 20.3. The third kappa shape index (κ3) is 3.29. The highest BCUT2D eigenvalue weighted by Crippen LogP contribution is 2.39. The Hall–Kier alpha value is -1.11. The first-order valence-corrected chi connectivity index (χ1v) is 7.94. The molecule has 22 heavy (non-hydrogen) atoms. The van der Waals surface area contributed by atoms with Crippen molar-refractivity contribution in [2.45, 2.75) is 38.9 Å². The molecule has 0 radical (unpaired) electrons. The molecule has 0 spiro atoms. The number of hydrogen-bond acceptors (Lipinski definition) is 5. The SMILES string of the molecule is COc1ccc(N)c(C=C(CS)B2OC(C)(C)C(C)(C)O2)c1. The second-order valence-corrected chi connectivity index (χ2v) is 6.78. The summed E-state index contributed by atoms with van der Waals surface area (Å²) in [5, 5.41) is 0. The molecule has 0 saturated carbocycles. The van der Waals surface area contributed by atoms with Gasteiger partial charge in [0.05, 0.1) is 18.3 Å². The molecule has 0 unspecified atom stereocenters. The van der Waals surface area contributed by atoms with Crippen molar-refractivity contribution in [3.63, 3.8) is 0 Å². The zero-order chi connectivity index (χ0) is 16.5. The molecule has 2 N–H and O–H groups in total. The first kappa shape index (κ1) is 17.3. The van der Waals surface area contributed by atoms with Gasteiger partial charge in [-0.1, -0.05) is 6.08 Å². The number of benzene rings is 1. The predicted octanol–water partition coefficient (Wildman–Crippen LogP) is 3.22. The largest absolute Gasteiger partial charge is 0.497 e. The second kappa shape index (κ2) is 6.18. The number of thiol groups is 1. The summed E-state index contributed by atoms with van der Waals surface area (Å²) in [6, 6.07) is 5.55. The van der Waals surface area contributed by atoms with E-state index in [-0.39, 0.29) is 11.2 Å². The van der Waals surface area contributed by atoms with Gasteiger partial charge in [0.1, 0.15) is 5.75 Å². The van der Waals surface area contributed by atoms with Crippen molar-refractivity contribution < 1.29 is 14.0 Å². The maximum atomic E-state index is 6.07. The van der Waals surface area contributed by atoms with E-state index in [1.54, 1.807) is 7.11 Å². The molecule has 120 valence electrons. The molecule has 1 aromatic carbocycles. The lowest BCUT2D eigenvalue weighted by atomic mass is 9.78. The number of rotatable bonds is 4. The summed E-state index contributed by atoms with van der Waals surface area (Å²) in [4.78, 5) is 0. The third-order valence-electron chi connectivity index (χ3n) is 4.37. The molecule has 0 atom stereocenters. The highest BCUT2D eigenvalue weighted by atomic mass is 32.1. The summed E-state index contributed by atoms with van der Waals surface area (Å²) < 4.78 is 17.4. The smallest absolute Gasteiger partial charge is 0.491 e. The van der Waals surface area contributed by atoms with Crippen LogP contribution in [0.1, 0.15) is 33.3 Å². The van der Waals surface area contributed by atoms with Crippen LogP contribution >= 0.6 is 12.6 Å². The number of methoxy groups -OCH3 is 1. The molecule has 2 rings (SSSR count). The van der Waals surface area contributed by atoms with Crippen LogP contribution in [0.2, 0.25) is 0 Å². The van der Waals surface area contributed by atoms with Crippen molar-refractivity contribution >= 4 is 31.5 Å². The Morgan fingerprint density at radius 1 is 1.27 bits per heavy atom. The van der Waals surface area contributed by atoms with Crippen LogP contribution in [0.15, 0.2) is 23.7 Å². The van der Waals surface area contributed by atoms with Gasteiger partial charge in [-0.25, -0.2) is 0 Å². The van der Waals surface area contributed by atoms with E-state index >= 15 is 0 Å². The fourth-order valence-corrected chi connectivity index (χ4v) is 2.43. The maximum Gasteiger partial charge on any atom is 0.491 e. The quantitative estimate of drug-likeness (QED) is 0.508. The van der Waals surface area contributed by atoms with Crippen LogP contribution in [0, 0.1) is 0 Å². The fourth-order valence-electron chi connectivity index (χ4n) is 2.19. The number of anilines is 1. The van der Waals surface area contributed by atoms with Gasteiger partial charge in [0.15, 0.2) is 0 Å². The van der Waals surface area contributed by atoms with Gasteiger partial charge < -0.3 is 19.8 Å². The molecule has 6 heteroatoms. The second-order valence-electron chi connectivity index (χ2n) is 6.46. The number of nitrogen functional groups attached to an aromatic ring is 1. The van der Waals surface area contributed by atoms with Gasteiger partial charge in [0.2, 0.25) is 0 Å². The summed E-state index contributed by atoms with van der Waals surface area (Å²) in [6.45, 7) is 8.12. The molecule has 0 amide bonds. The van der Waals surface area contributed by atoms with Gasteiger partial charge in [0, 0.05) is 17.0 Å². The lowest BCUT2D eigenvalue weighted by Crippen LogP contribution is -2.41. The van der Waals surface area contributed by atoms with E-state index in [1.807, 2.05) is 52.0 Å². The Labute approximate surface area is 138 Å². The summed E-state index contributed by atoms with van der Waals surface area (Å²) in [5.41, 5.74) is 7.78. The number of hydrogen-bond donors (Lipinski definition) is 2. The summed E-state index contributed by atoms with van der Waals surface area (Å²) in [6.07, 6.45) is 1.97. The van der Waals surface area contributed by atoms with E-state index in [4.69, 9.17) is 19.8 Å². The van der Waals surface area contributed by atoms with Gasteiger partial charge in [-0.05, 0) is 51.4 Å². The zero-order valence-corrected chi connectivity index (χ0v) is 14.7. The van der Waals surface area contributed by atoms with Crippen LogP contribution in [0.5, 0.6) is 5.75 Å². The Kier molecular flexibility index (Phi) is 4.85. The minimum absolute atomic E-state index is 0.375. The van der Waals surface area contributed by atoms with Crippen molar-refractivity contribution in [2.24, 2.45) is 0 Å². The van der Waals surface area contributed by atoms with Crippen LogP contribution < -0.4 is 10.5 Å². The highest BCUT2D eigenvalue weighted by Gasteiger charge is 2.52. The Morgan fingerprint density at radius 2 is 1.86 bits per heavy atom. The molecule has 4 nitrogen and oxygen atoms in total. The molecule has 1 heterocycles. The summed E-state index contributed by atoms with van der Waals surface area (Å²) >= 11 is 4.42. The van der Waals surface area contributed by atoms with E-state index in [2.05, 4.69) is 12.6 Å². The Balaban J connectivity index is 2.33. The first-order valence-electron chi connectivity index (χ1n) is 7.30. The predicted molar refractivity (Wildman–Crippen MR) is 95.3 cm³/mol. The molecular formula is C16H24BNO3S. The highest BCUT2D eigenvalue weighted by molar-refractivity contribution is 7.80. The van der Waals surface area contributed by atoms with Gasteiger partial charge in [-0.2, -0.15) is 12.6 Å². The van der Waals surface area contributed by atoms with Gasteiger partial charge in [-0.15, -0.1) is 0 Å². The molecule has 0 bridgehead atoms. The third-order valence-corrected chi connectivity index (χ3v) is 4.74. The molecule has 1 aliphatic rings. The number of ether oxygens (including phenoxy) is 1. The minimum Gasteiger partial charge on any atom is -0.497 e. The van der Waals surface area contributed by atoms with Crippen molar-refractivity contribution in [3.8, 4) is 5.75 Å². The van der Waals surface area contributed by atoms with Gasteiger partial charge >= 0.3 is 7.12 Å². The standard InChI is InChI=1S/C16H24BNO3S/c1-15(2)16(3,4)21-17(20-15)12(10-22)8-11-9-13(19-5)6-7-14(11)18/h6-9,22H,10,18H2,1-5H3. The van der Waals surface area contributed by atoms with Gasteiger partial charge in [-0.3, -0.25) is 0 Å². The minimum atomic E-state index is -0.423. The van der Waals surface area contributed by atoms with Crippen LogP contribution in [0.3, 0.4) is 0 Å². The molecule has 1 saturated heterocycles. The molecule has 0 aliphatic carbocycles. The first-order chi connectivity index (χ1) is 10.2. The average molecular weight is 321 g/mol. The van der Waals surface area contributed by atoms with Crippen molar-refractivity contribution in [1.82, 2.24) is 0 Å². The molecule has 1 fully saturated rings. The van der Waals surface area contributed by atoms with Crippen LogP contribution in [0.25, 0.3) is 6.08 Å². The van der Waals surface area contributed by atoms with Crippen LogP contribution in [-0.4, -0.2) is 31.2 Å².